The van der Waals surface area contributed by atoms with E-state index in [1.54, 1.807) is 13.2 Å². The van der Waals surface area contributed by atoms with Crippen LogP contribution in [0.25, 0.3) is 0 Å². The molecule has 1 saturated heterocycles. The van der Waals surface area contributed by atoms with E-state index < -0.39 is 0 Å². The molecule has 1 fully saturated rings. The van der Waals surface area contributed by atoms with Gasteiger partial charge >= 0.3 is 0 Å². The summed E-state index contributed by atoms with van der Waals surface area (Å²) in [5, 5.41) is 3.86. The number of rotatable bonds is 3. The summed E-state index contributed by atoms with van der Waals surface area (Å²) in [4.78, 5) is 0. The minimum atomic E-state index is 0.433. The van der Waals surface area contributed by atoms with Gasteiger partial charge in [0.05, 0.1) is 6.61 Å². The molecule has 0 bridgehead atoms. The number of furan rings is 1. The van der Waals surface area contributed by atoms with Crippen molar-refractivity contribution in [3.05, 3.63) is 23.1 Å². The van der Waals surface area contributed by atoms with Crippen LogP contribution >= 0.6 is 11.6 Å². The Bertz CT molecular complexity index is 300. The lowest BCUT2D eigenvalue weighted by Crippen LogP contribution is -2.25. The number of hydrogen-bond acceptors (Lipinski definition) is 3. The first-order chi connectivity index (χ1) is 6.79. The Kier molecular flexibility index (Phi) is 3.11. The van der Waals surface area contributed by atoms with Gasteiger partial charge in [-0.15, -0.1) is 0 Å². The first kappa shape index (κ1) is 10.0. The normalized spacial score (nSPS) is 27.0. The summed E-state index contributed by atoms with van der Waals surface area (Å²) in [5.41, 5.74) is 0. The van der Waals surface area contributed by atoms with Gasteiger partial charge in [0, 0.05) is 25.6 Å². The van der Waals surface area contributed by atoms with Crippen molar-refractivity contribution in [3.63, 3.8) is 0 Å². The van der Waals surface area contributed by atoms with Crippen molar-refractivity contribution >= 4 is 11.6 Å². The minimum absolute atomic E-state index is 0.433. The molecule has 0 saturated carbocycles. The smallest absolute Gasteiger partial charge is 0.193 e. The summed E-state index contributed by atoms with van der Waals surface area (Å²) in [6.45, 7) is 1.70. The molecule has 2 heterocycles. The molecule has 0 amide bonds. The van der Waals surface area contributed by atoms with Gasteiger partial charge in [-0.3, -0.25) is 0 Å². The standard InChI is InChI=1S/C10H14ClNO2/c1-13-6-8-4-7(5-12-8)9-2-3-10(11)14-9/h2-3,7-8,12H,4-6H2,1H3. The van der Waals surface area contributed by atoms with Crippen LogP contribution in [0.4, 0.5) is 0 Å². The van der Waals surface area contributed by atoms with Crippen molar-refractivity contribution < 1.29 is 9.15 Å². The van der Waals surface area contributed by atoms with Gasteiger partial charge in [0.2, 0.25) is 0 Å². The monoisotopic (exact) mass is 215 g/mol. The largest absolute Gasteiger partial charge is 0.449 e. The third kappa shape index (κ3) is 2.11. The zero-order chi connectivity index (χ0) is 9.97. The summed E-state index contributed by atoms with van der Waals surface area (Å²) in [5.74, 6) is 1.41. The van der Waals surface area contributed by atoms with Crippen LogP contribution in [-0.2, 0) is 4.74 Å². The zero-order valence-corrected chi connectivity index (χ0v) is 8.88. The molecule has 2 atom stereocenters. The van der Waals surface area contributed by atoms with Crippen molar-refractivity contribution in [2.45, 2.75) is 18.4 Å². The van der Waals surface area contributed by atoms with Gasteiger partial charge in [0.1, 0.15) is 5.76 Å². The van der Waals surface area contributed by atoms with Crippen LogP contribution in [0.15, 0.2) is 16.5 Å². The molecule has 1 aromatic heterocycles. The lowest BCUT2D eigenvalue weighted by Gasteiger charge is -2.07. The van der Waals surface area contributed by atoms with Crippen molar-refractivity contribution in [2.75, 3.05) is 20.3 Å². The van der Waals surface area contributed by atoms with E-state index in [9.17, 15) is 0 Å². The third-order valence-electron chi connectivity index (χ3n) is 2.59. The van der Waals surface area contributed by atoms with Gasteiger partial charge in [-0.1, -0.05) is 0 Å². The Labute approximate surface area is 88.4 Å². The van der Waals surface area contributed by atoms with E-state index >= 15 is 0 Å². The first-order valence-electron chi connectivity index (χ1n) is 4.77. The highest BCUT2D eigenvalue weighted by molar-refractivity contribution is 6.28. The van der Waals surface area contributed by atoms with Crippen LogP contribution in [0, 0.1) is 0 Å². The fourth-order valence-electron chi connectivity index (χ4n) is 1.91. The molecule has 1 N–H and O–H groups in total. The number of halogens is 1. The number of methoxy groups -OCH3 is 1. The molecule has 0 spiro atoms. The number of nitrogens with one attached hydrogen (secondary N) is 1. The van der Waals surface area contributed by atoms with Crippen LogP contribution < -0.4 is 5.32 Å². The van der Waals surface area contributed by atoms with E-state index in [0.29, 0.717) is 17.2 Å². The Balaban J connectivity index is 1.95. The van der Waals surface area contributed by atoms with Crippen LogP contribution in [-0.4, -0.2) is 26.3 Å². The predicted molar refractivity (Wildman–Crippen MR) is 54.7 cm³/mol. The van der Waals surface area contributed by atoms with Gasteiger partial charge in [-0.25, -0.2) is 0 Å². The third-order valence-corrected chi connectivity index (χ3v) is 2.79. The van der Waals surface area contributed by atoms with E-state index in [0.717, 1.165) is 25.3 Å². The molecule has 78 valence electrons. The van der Waals surface area contributed by atoms with Crippen LogP contribution in [0.1, 0.15) is 18.1 Å². The molecular formula is C10H14ClNO2. The maximum Gasteiger partial charge on any atom is 0.193 e. The highest BCUT2D eigenvalue weighted by Gasteiger charge is 2.27. The topological polar surface area (TPSA) is 34.4 Å². The molecule has 0 radical (unpaired) electrons. The summed E-state index contributed by atoms with van der Waals surface area (Å²) in [6.07, 6.45) is 1.05. The van der Waals surface area contributed by atoms with E-state index in [4.69, 9.17) is 20.8 Å². The minimum Gasteiger partial charge on any atom is -0.449 e. The number of ether oxygens (including phenoxy) is 1. The molecule has 0 aromatic carbocycles. The average molecular weight is 216 g/mol. The Morgan fingerprint density at radius 2 is 2.50 bits per heavy atom. The maximum absolute atomic E-state index is 5.72. The van der Waals surface area contributed by atoms with E-state index in [2.05, 4.69) is 5.32 Å². The number of hydrogen-bond donors (Lipinski definition) is 1. The first-order valence-corrected chi connectivity index (χ1v) is 5.15. The predicted octanol–water partition coefficient (Wildman–Crippen LogP) is 2.02. The molecule has 0 aliphatic carbocycles. The second kappa shape index (κ2) is 4.34. The highest BCUT2D eigenvalue weighted by Crippen LogP contribution is 2.28. The zero-order valence-electron chi connectivity index (χ0n) is 8.13. The van der Waals surface area contributed by atoms with Gasteiger partial charge in [0.15, 0.2) is 5.22 Å². The van der Waals surface area contributed by atoms with E-state index in [1.165, 1.54) is 0 Å². The fourth-order valence-corrected chi connectivity index (χ4v) is 2.06. The lowest BCUT2D eigenvalue weighted by molar-refractivity contribution is 0.173. The van der Waals surface area contributed by atoms with Crippen molar-refractivity contribution in [2.24, 2.45) is 0 Å². The molecule has 1 aliphatic heterocycles. The summed E-state index contributed by atoms with van der Waals surface area (Å²) < 4.78 is 10.5. The molecule has 4 heteroatoms. The highest BCUT2D eigenvalue weighted by atomic mass is 35.5. The Hall–Kier alpha value is -0.510. The molecule has 1 aliphatic rings. The molecular weight excluding hydrogens is 202 g/mol. The van der Waals surface area contributed by atoms with Gasteiger partial charge < -0.3 is 14.5 Å². The maximum atomic E-state index is 5.72. The molecule has 2 rings (SSSR count). The van der Waals surface area contributed by atoms with Crippen LogP contribution in [0.3, 0.4) is 0 Å². The molecule has 1 aromatic rings. The van der Waals surface area contributed by atoms with Gasteiger partial charge in [-0.05, 0) is 30.2 Å². The SMILES string of the molecule is COCC1CC(c2ccc(Cl)o2)CN1. The quantitative estimate of drug-likeness (QED) is 0.838. The summed E-state index contributed by atoms with van der Waals surface area (Å²) in [7, 11) is 1.72. The van der Waals surface area contributed by atoms with E-state index in [-0.39, 0.29) is 0 Å². The molecule has 2 unspecified atom stereocenters. The van der Waals surface area contributed by atoms with Crippen LogP contribution in [0.5, 0.6) is 0 Å². The second-order valence-corrected chi connectivity index (χ2v) is 4.01. The summed E-state index contributed by atoms with van der Waals surface area (Å²) in [6, 6.07) is 4.18. The summed E-state index contributed by atoms with van der Waals surface area (Å²) >= 11 is 5.72. The second-order valence-electron chi connectivity index (χ2n) is 3.64. The van der Waals surface area contributed by atoms with Gasteiger partial charge in [0.25, 0.3) is 0 Å². The molecule has 14 heavy (non-hydrogen) atoms. The lowest BCUT2D eigenvalue weighted by atomic mass is 10.0. The van der Waals surface area contributed by atoms with Crippen LogP contribution in [0.2, 0.25) is 5.22 Å². The Morgan fingerprint density at radius 3 is 3.14 bits per heavy atom. The van der Waals surface area contributed by atoms with E-state index in [1.807, 2.05) is 6.07 Å². The van der Waals surface area contributed by atoms with Crippen molar-refractivity contribution in [1.82, 2.24) is 5.32 Å². The average Bonchev–Trinajstić information content (AvgIpc) is 2.74. The molecule has 3 nitrogen and oxygen atoms in total. The van der Waals surface area contributed by atoms with Crippen molar-refractivity contribution in [3.8, 4) is 0 Å². The Morgan fingerprint density at radius 1 is 1.64 bits per heavy atom. The van der Waals surface area contributed by atoms with Gasteiger partial charge in [-0.2, -0.15) is 0 Å². The van der Waals surface area contributed by atoms with Crippen molar-refractivity contribution in [1.29, 1.82) is 0 Å². The fraction of sp³-hybridized carbons (Fsp3) is 0.600.